The first-order valence-electron chi connectivity index (χ1n) is 28.2. The Morgan fingerprint density at radius 1 is 0.400 bits per heavy atom. The van der Waals surface area contributed by atoms with Gasteiger partial charge in [-0.15, -0.1) is 0 Å². The van der Waals surface area contributed by atoms with Gasteiger partial charge in [-0.2, -0.15) is 0 Å². The average molecular weight is 925 g/mol. The maximum atomic E-state index is 12.8. The van der Waals surface area contributed by atoms with Crippen molar-refractivity contribution in [2.24, 2.45) is 0 Å². The number of carbonyl (C=O) groups is 3. The van der Waals surface area contributed by atoms with E-state index in [-0.39, 0.29) is 38.2 Å². The predicted molar refractivity (Wildman–Crippen MR) is 272 cm³/mol. The number of likely N-dealkylation sites (N-methyl/N-ethyl adjacent to an activating group) is 1. The molecule has 0 bridgehead atoms. The lowest BCUT2D eigenvalue weighted by molar-refractivity contribution is -0.870. The first-order valence-corrected chi connectivity index (χ1v) is 28.2. The van der Waals surface area contributed by atoms with Crippen molar-refractivity contribution in [2.75, 3.05) is 47.5 Å². The van der Waals surface area contributed by atoms with E-state index >= 15 is 0 Å². The van der Waals surface area contributed by atoms with Crippen molar-refractivity contribution in [1.29, 1.82) is 0 Å². The van der Waals surface area contributed by atoms with Crippen LogP contribution in [0.1, 0.15) is 284 Å². The smallest absolute Gasteiger partial charge is 0.361 e. The van der Waals surface area contributed by atoms with Crippen LogP contribution in [-0.2, 0) is 33.3 Å². The summed E-state index contributed by atoms with van der Waals surface area (Å²) >= 11 is 0. The van der Waals surface area contributed by atoms with Crippen LogP contribution in [0.3, 0.4) is 0 Å². The molecule has 0 radical (unpaired) electrons. The molecule has 9 nitrogen and oxygen atoms in total. The van der Waals surface area contributed by atoms with E-state index in [1.807, 2.05) is 21.1 Å². The van der Waals surface area contributed by atoms with Crippen molar-refractivity contribution in [2.45, 2.75) is 296 Å². The van der Waals surface area contributed by atoms with Crippen molar-refractivity contribution in [3.8, 4) is 0 Å². The molecule has 0 amide bonds. The van der Waals surface area contributed by atoms with Gasteiger partial charge in [-0.1, -0.05) is 258 Å². The summed E-state index contributed by atoms with van der Waals surface area (Å²) < 4.78 is 22.9. The second kappa shape index (κ2) is 48.7. The van der Waals surface area contributed by atoms with Gasteiger partial charge >= 0.3 is 17.9 Å². The fourth-order valence-electron chi connectivity index (χ4n) is 8.49. The number of quaternary nitrogens is 1. The van der Waals surface area contributed by atoms with Gasteiger partial charge < -0.3 is 28.5 Å². The van der Waals surface area contributed by atoms with Gasteiger partial charge in [0.15, 0.2) is 6.10 Å². The Balaban J connectivity index is 4.12. The highest BCUT2D eigenvalue weighted by Crippen LogP contribution is 2.18. The molecule has 0 aromatic rings. The summed E-state index contributed by atoms with van der Waals surface area (Å²) in [7, 11) is 5.98. The third-order valence-corrected chi connectivity index (χ3v) is 12.9. The van der Waals surface area contributed by atoms with E-state index in [0.29, 0.717) is 17.4 Å². The number of hydrogen-bond donors (Lipinski definition) is 1. The highest BCUT2D eigenvalue weighted by Gasteiger charge is 2.25. The Kier molecular flexibility index (Phi) is 47.5. The Morgan fingerprint density at radius 2 is 0.692 bits per heavy atom. The molecule has 0 heterocycles. The number of carboxylic acids is 1. The average Bonchev–Trinajstić information content (AvgIpc) is 3.27. The highest BCUT2D eigenvalue weighted by atomic mass is 16.7. The summed E-state index contributed by atoms with van der Waals surface area (Å²) in [5, 5.41) is 9.68. The Morgan fingerprint density at radius 3 is 0.985 bits per heavy atom. The number of ether oxygens (including phenoxy) is 4. The molecule has 0 saturated heterocycles. The van der Waals surface area contributed by atoms with Gasteiger partial charge in [-0.05, 0) is 12.8 Å². The van der Waals surface area contributed by atoms with Crippen LogP contribution in [0.2, 0.25) is 0 Å². The van der Waals surface area contributed by atoms with Crippen molar-refractivity contribution in [3.05, 3.63) is 0 Å². The quantitative estimate of drug-likeness (QED) is 0.0278. The third-order valence-electron chi connectivity index (χ3n) is 12.9. The summed E-state index contributed by atoms with van der Waals surface area (Å²) in [4.78, 5) is 37.3. The largest absolute Gasteiger partial charge is 0.477 e. The predicted octanol–water partition coefficient (Wildman–Crippen LogP) is 16.0. The van der Waals surface area contributed by atoms with E-state index in [0.717, 1.165) is 38.5 Å². The third kappa shape index (κ3) is 50.0. The molecule has 2 unspecified atom stereocenters. The van der Waals surface area contributed by atoms with Gasteiger partial charge in [-0.3, -0.25) is 9.59 Å². The van der Waals surface area contributed by atoms with Gasteiger partial charge in [-0.25, -0.2) is 4.79 Å². The van der Waals surface area contributed by atoms with E-state index in [1.54, 1.807) is 0 Å². The monoisotopic (exact) mass is 925 g/mol. The number of rotatable bonds is 53. The van der Waals surface area contributed by atoms with Crippen LogP contribution in [0.25, 0.3) is 0 Å². The first-order chi connectivity index (χ1) is 31.6. The molecule has 0 aromatic heterocycles. The molecular formula is C56H110NO8+. The van der Waals surface area contributed by atoms with Gasteiger partial charge in [0.25, 0.3) is 6.29 Å². The molecule has 1 N–H and O–H groups in total. The number of esters is 2. The minimum absolute atomic E-state index is 0.173. The fourth-order valence-corrected chi connectivity index (χ4v) is 8.49. The van der Waals surface area contributed by atoms with Crippen LogP contribution in [0, 0.1) is 0 Å². The number of unbranched alkanes of at least 4 members (excludes halogenated alkanes) is 38. The standard InChI is InChI=1S/C56H109NO8/c1-6-8-10-12-14-16-18-20-21-22-23-24-25-26-27-28-29-30-31-32-33-35-37-39-41-43-45-47-54(59)65-52(51-64-56(55(60)61)62-49-48-57(3,4)5)50-63-53(58)46-44-42-40-38-36-34-19-17-15-13-11-9-7-2/h52,56H,6-51H2,1-5H3/p+1. The molecule has 0 aliphatic carbocycles. The van der Waals surface area contributed by atoms with Gasteiger partial charge in [0.2, 0.25) is 0 Å². The first kappa shape index (κ1) is 63.3. The summed E-state index contributed by atoms with van der Waals surface area (Å²) in [6, 6.07) is 0. The van der Waals surface area contributed by atoms with Crippen LogP contribution >= 0.6 is 0 Å². The maximum absolute atomic E-state index is 12.8. The zero-order chi connectivity index (χ0) is 47.7. The van der Waals surface area contributed by atoms with Crippen LogP contribution in [0.15, 0.2) is 0 Å². The van der Waals surface area contributed by atoms with Crippen LogP contribution in [0.4, 0.5) is 0 Å². The van der Waals surface area contributed by atoms with Crippen molar-refractivity contribution >= 4 is 17.9 Å². The lowest BCUT2D eigenvalue weighted by atomic mass is 10.0. The molecule has 0 rings (SSSR count). The van der Waals surface area contributed by atoms with E-state index < -0.39 is 18.4 Å². The molecule has 0 fully saturated rings. The number of carbonyl (C=O) groups excluding carboxylic acids is 2. The topological polar surface area (TPSA) is 108 Å². The molecule has 0 saturated carbocycles. The van der Waals surface area contributed by atoms with Gasteiger partial charge in [0.05, 0.1) is 34.4 Å². The van der Waals surface area contributed by atoms with Crippen LogP contribution in [-0.4, -0.2) is 87.4 Å². The molecule has 0 aromatic carbocycles. The van der Waals surface area contributed by atoms with E-state index in [1.165, 1.54) is 218 Å². The van der Waals surface area contributed by atoms with Crippen molar-refractivity contribution < 1.29 is 42.9 Å². The zero-order valence-electron chi connectivity index (χ0n) is 43.9. The Hall–Kier alpha value is -1.71. The second-order valence-corrected chi connectivity index (χ2v) is 20.6. The number of carboxylic acid groups (broad SMARTS) is 1. The number of aliphatic carboxylic acids is 1. The van der Waals surface area contributed by atoms with Crippen molar-refractivity contribution in [1.82, 2.24) is 0 Å². The molecule has 0 spiro atoms. The molecule has 65 heavy (non-hydrogen) atoms. The fraction of sp³-hybridized carbons (Fsp3) is 0.946. The normalized spacial score (nSPS) is 12.7. The second-order valence-electron chi connectivity index (χ2n) is 20.6. The van der Waals surface area contributed by atoms with E-state index in [4.69, 9.17) is 18.9 Å². The molecule has 0 aliphatic heterocycles. The number of nitrogens with zero attached hydrogens (tertiary/aromatic N) is 1. The summed E-state index contributed by atoms with van der Waals surface area (Å²) in [6.07, 6.45) is 50.4. The molecule has 2 atom stereocenters. The Bertz CT molecular complexity index is 1030. The molecular weight excluding hydrogens is 815 g/mol. The highest BCUT2D eigenvalue weighted by molar-refractivity contribution is 5.71. The maximum Gasteiger partial charge on any atom is 0.361 e. The Labute approximate surface area is 403 Å². The van der Waals surface area contributed by atoms with Crippen LogP contribution < -0.4 is 0 Å². The van der Waals surface area contributed by atoms with Crippen LogP contribution in [0.5, 0.6) is 0 Å². The zero-order valence-corrected chi connectivity index (χ0v) is 43.9. The summed E-state index contributed by atoms with van der Waals surface area (Å²) in [5.41, 5.74) is 0. The van der Waals surface area contributed by atoms with Gasteiger partial charge in [0.1, 0.15) is 13.2 Å². The summed E-state index contributed by atoms with van der Waals surface area (Å²) in [5.74, 6) is -1.98. The molecule has 386 valence electrons. The SMILES string of the molecule is CCCCCCCCCCCCCCCCCCCCCCCCCCCCCC(=O)OC(COC(=O)CCCCCCCCCCCCCCC)COC(OCC[N+](C)(C)C)C(=O)O. The lowest BCUT2D eigenvalue weighted by Crippen LogP contribution is -2.40. The summed E-state index contributed by atoms with van der Waals surface area (Å²) in [6.45, 7) is 4.93. The number of hydrogen-bond acceptors (Lipinski definition) is 7. The van der Waals surface area contributed by atoms with Crippen molar-refractivity contribution in [3.63, 3.8) is 0 Å². The van der Waals surface area contributed by atoms with E-state index in [2.05, 4.69) is 13.8 Å². The minimum Gasteiger partial charge on any atom is -0.477 e. The molecule has 0 aliphatic rings. The molecule has 9 heteroatoms. The van der Waals surface area contributed by atoms with Gasteiger partial charge in [0, 0.05) is 12.8 Å². The van der Waals surface area contributed by atoms with E-state index in [9.17, 15) is 19.5 Å². The minimum atomic E-state index is -1.50. The lowest BCUT2D eigenvalue weighted by Gasteiger charge is -2.25.